The van der Waals surface area contributed by atoms with Crippen LogP contribution in [0.15, 0.2) is 83.2 Å². The summed E-state index contributed by atoms with van der Waals surface area (Å²) < 4.78 is 6.55. The number of carbonyl (C=O) groups is 1. The van der Waals surface area contributed by atoms with Crippen LogP contribution in [0.4, 0.5) is 10.8 Å². The van der Waals surface area contributed by atoms with Crippen LogP contribution in [0.5, 0.6) is 11.5 Å². The zero-order chi connectivity index (χ0) is 20.8. The number of aromatic nitrogens is 2. The fourth-order valence-electron chi connectivity index (χ4n) is 2.62. The zero-order valence-corrected chi connectivity index (χ0v) is 17.9. The van der Waals surface area contributed by atoms with Crippen LogP contribution in [-0.4, -0.2) is 21.7 Å². The lowest BCUT2D eigenvalue weighted by Gasteiger charge is -2.06. The predicted molar refractivity (Wildman–Crippen MR) is 122 cm³/mol. The SMILES string of the molecule is Cc1ccc(C(=O)CSc2nnc(Nc3ccc(Oc4ccccc4)cc3)s2)cc1. The first kappa shape index (κ1) is 20.1. The van der Waals surface area contributed by atoms with Crippen molar-refractivity contribution >= 4 is 39.7 Å². The van der Waals surface area contributed by atoms with Gasteiger partial charge in [0.05, 0.1) is 5.75 Å². The number of hydrogen-bond acceptors (Lipinski definition) is 7. The quantitative estimate of drug-likeness (QED) is 0.258. The second-order valence-corrected chi connectivity index (χ2v) is 8.72. The summed E-state index contributed by atoms with van der Waals surface area (Å²) in [7, 11) is 0. The molecule has 30 heavy (non-hydrogen) atoms. The molecule has 0 saturated carbocycles. The standard InChI is InChI=1S/C23H19N3O2S2/c1-16-7-9-17(10-8-16)21(27)15-29-23-26-25-22(30-23)24-18-11-13-20(14-12-18)28-19-5-3-2-4-6-19/h2-14H,15H2,1H3,(H,24,25). The first-order valence-corrected chi connectivity index (χ1v) is 11.1. The molecule has 0 aliphatic carbocycles. The maximum absolute atomic E-state index is 12.3. The topological polar surface area (TPSA) is 64.1 Å². The highest BCUT2D eigenvalue weighted by Gasteiger charge is 2.10. The minimum Gasteiger partial charge on any atom is -0.457 e. The summed E-state index contributed by atoms with van der Waals surface area (Å²) in [5.41, 5.74) is 2.74. The van der Waals surface area contributed by atoms with Crippen LogP contribution in [0, 0.1) is 6.92 Å². The van der Waals surface area contributed by atoms with Crippen molar-refractivity contribution in [1.82, 2.24) is 10.2 Å². The summed E-state index contributed by atoms with van der Waals surface area (Å²) in [6.07, 6.45) is 0. The van der Waals surface area contributed by atoms with E-state index in [4.69, 9.17) is 4.74 Å². The van der Waals surface area contributed by atoms with E-state index in [-0.39, 0.29) is 5.78 Å². The van der Waals surface area contributed by atoms with E-state index in [0.717, 1.165) is 27.1 Å². The van der Waals surface area contributed by atoms with E-state index in [9.17, 15) is 4.79 Å². The number of carbonyl (C=O) groups excluding carboxylic acids is 1. The second-order valence-electron chi connectivity index (χ2n) is 6.52. The average Bonchev–Trinajstić information content (AvgIpc) is 3.22. The third kappa shape index (κ3) is 5.46. The Hall–Kier alpha value is -3.16. The van der Waals surface area contributed by atoms with Gasteiger partial charge >= 0.3 is 0 Å². The van der Waals surface area contributed by atoms with Crippen molar-refractivity contribution in [3.63, 3.8) is 0 Å². The number of para-hydroxylation sites is 1. The Morgan fingerprint density at radius 2 is 1.63 bits per heavy atom. The highest BCUT2D eigenvalue weighted by molar-refractivity contribution is 8.01. The molecule has 1 N–H and O–H groups in total. The number of aryl methyl sites for hydroxylation is 1. The van der Waals surface area contributed by atoms with Crippen LogP contribution < -0.4 is 10.1 Å². The number of nitrogens with zero attached hydrogens (tertiary/aromatic N) is 2. The largest absolute Gasteiger partial charge is 0.457 e. The molecule has 0 fully saturated rings. The highest BCUT2D eigenvalue weighted by atomic mass is 32.2. The van der Waals surface area contributed by atoms with E-state index in [0.29, 0.717) is 16.4 Å². The molecular weight excluding hydrogens is 414 g/mol. The summed E-state index contributed by atoms with van der Waals surface area (Å²) in [6.45, 7) is 2.00. The van der Waals surface area contributed by atoms with Gasteiger partial charge in [-0.2, -0.15) is 0 Å². The zero-order valence-electron chi connectivity index (χ0n) is 16.2. The van der Waals surface area contributed by atoms with Gasteiger partial charge in [-0.05, 0) is 43.3 Å². The molecule has 0 amide bonds. The number of hydrogen-bond donors (Lipinski definition) is 1. The first-order valence-electron chi connectivity index (χ1n) is 9.32. The third-order valence-electron chi connectivity index (χ3n) is 4.19. The van der Waals surface area contributed by atoms with E-state index in [1.807, 2.05) is 85.8 Å². The molecular formula is C23H19N3O2S2. The van der Waals surface area contributed by atoms with Gasteiger partial charge in [0, 0.05) is 11.3 Å². The molecule has 7 heteroatoms. The molecule has 0 spiro atoms. The molecule has 0 aliphatic rings. The average molecular weight is 434 g/mol. The molecule has 4 aromatic rings. The van der Waals surface area contributed by atoms with Gasteiger partial charge in [0.25, 0.3) is 0 Å². The highest BCUT2D eigenvalue weighted by Crippen LogP contribution is 2.29. The van der Waals surface area contributed by atoms with Gasteiger partial charge in [-0.3, -0.25) is 4.79 Å². The number of nitrogens with one attached hydrogen (secondary N) is 1. The smallest absolute Gasteiger partial charge is 0.210 e. The van der Waals surface area contributed by atoms with E-state index < -0.39 is 0 Å². The number of rotatable bonds is 8. The summed E-state index contributed by atoms with van der Waals surface area (Å²) in [6, 6.07) is 24.9. The molecule has 0 saturated heterocycles. The Morgan fingerprint density at radius 3 is 2.37 bits per heavy atom. The fourth-order valence-corrected chi connectivity index (χ4v) is 4.29. The number of thioether (sulfide) groups is 1. The molecule has 5 nitrogen and oxygen atoms in total. The molecule has 3 aromatic carbocycles. The van der Waals surface area contributed by atoms with Crippen molar-refractivity contribution in [3.05, 3.63) is 90.0 Å². The minimum absolute atomic E-state index is 0.0821. The molecule has 0 unspecified atom stereocenters. The van der Waals surface area contributed by atoms with Gasteiger partial charge in [0.2, 0.25) is 5.13 Å². The van der Waals surface area contributed by atoms with Crippen molar-refractivity contribution in [2.24, 2.45) is 0 Å². The van der Waals surface area contributed by atoms with Gasteiger partial charge < -0.3 is 10.1 Å². The molecule has 4 rings (SSSR count). The maximum Gasteiger partial charge on any atom is 0.210 e. The minimum atomic E-state index is 0.0821. The summed E-state index contributed by atoms with van der Waals surface area (Å²) >= 11 is 2.82. The van der Waals surface area contributed by atoms with Crippen molar-refractivity contribution in [3.8, 4) is 11.5 Å². The monoisotopic (exact) mass is 433 g/mol. The number of ketones is 1. The lowest BCUT2D eigenvalue weighted by atomic mass is 10.1. The Labute approximate surface area is 183 Å². The van der Waals surface area contributed by atoms with E-state index >= 15 is 0 Å². The van der Waals surface area contributed by atoms with E-state index in [1.54, 1.807) is 0 Å². The number of Topliss-reactive ketones (excluding diaryl/α,β-unsaturated/α-hetero) is 1. The lowest BCUT2D eigenvalue weighted by Crippen LogP contribution is -2.01. The molecule has 0 aliphatic heterocycles. The Balaban J connectivity index is 1.30. The van der Waals surface area contributed by atoms with Crippen LogP contribution in [0.1, 0.15) is 15.9 Å². The first-order chi connectivity index (χ1) is 14.7. The lowest BCUT2D eigenvalue weighted by molar-refractivity contribution is 0.102. The summed E-state index contributed by atoms with van der Waals surface area (Å²) in [5.74, 6) is 1.97. The number of benzene rings is 3. The number of anilines is 2. The summed E-state index contributed by atoms with van der Waals surface area (Å²) in [5, 5.41) is 12.2. The summed E-state index contributed by atoms with van der Waals surface area (Å²) in [4.78, 5) is 12.3. The molecule has 0 atom stereocenters. The maximum atomic E-state index is 12.3. The second kappa shape index (κ2) is 9.56. The Morgan fingerprint density at radius 1 is 0.933 bits per heavy atom. The number of ether oxygens (including phenoxy) is 1. The van der Waals surface area contributed by atoms with Crippen molar-refractivity contribution in [2.45, 2.75) is 11.3 Å². The van der Waals surface area contributed by atoms with Gasteiger partial charge in [-0.1, -0.05) is 71.1 Å². The van der Waals surface area contributed by atoms with Crippen LogP contribution in [0.2, 0.25) is 0 Å². The van der Waals surface area contributed by atoms with Gasteiger partial charge in [-0.25, -0.2) is 0 Å². The van der Waals surface area contributed by atoms with Gasteiger partial charge in [0.15, 0.2) is 10.1 Å². The van der Waals surface area contributed by atoms with Crippen molar-refractivity contribution in [2.75, 3.05) is 11.1 Å². The van der Waals surface area contributed by atoms with Crippen LogP contribution in [-0.2, 0) is 0 Å². The predicted octanol–water partition coefficient (Wildman–Crippen LogP) is 6.36. The van der Waals surface area contributed by atoms with Crippen molar-refractivity contribution in [1.29, 1.82) is 0 Å². The van der Waals surface area contributed by atoms with Crippen LogP contribution in [0.3, 0.4) is 0 Å². The van der Waals surface area contributed by atoms with E-state index in [1.165, 1.54) is 23.1 Å². The van der Waals surface area contributed by atoms with Gasteiger partial charge in [0.1, 0.15) is 11.5 Å². The molecule has 150 valence electrons. The molecule has 0 bridgehead atoms. The normalized spacial score (nSPS) is 10.6. The molecule has 0 radical (unpaired) electrons. The Kier molecular flexibility index (Phi) is 6.41. The molecule has 1 aromatic heterocycles. The van der Waals surface area contributed by atoms with Crippen molar-refractivity contribution < 1.29 is 9.53 Å². The fraction of sp³-hybridized carbons (Fsp3) is 0.0870. The van der Waals surface area contributed by atoms with Gasteiger partial charge in [-0.15, -0.1) is 10.2 Å². The van der Waals surface area contributed by atoms with Crippen LogP contribution in [0.25, 0.3) is 0 Å². The van der Waals surface area contributed by atoms with E-state index in [2.05, 4.69) is 15.5 Å². The Bertz CT molecular complexity index is 1110. The molecule has 1 heterocycles. The van der Waals surface area contributed by atoms with Crippen LogP contribution >= 0.6 is 23.1 Å². The third-order valence-corrected chi connectivity index (χ3v) is 6.16.